The number of amides is 1. The minimum Gasteiger partial charge on any atom is -0.496 e. The van der Waals surface area contributed by atoms with Crippen LogP contribution in [0.2, 0.25) is 0 Å². The molecule has 5 rings (SSSR count). The summed E-state index contributed by atoms with van der Waals surface area (Å²) in [4.78, 5) is 28.7. The molecule has 38 heavy (non-hydrogen) atoms. The molecule has 0 fully saturated rings. The van der Waals surface area contributed by atoms with Crippen molar-refractivity contribution in [3.63, 3.8) is 0 Å². The number of carbonyl (C=O) groups excluding carboxylic acids is 1. The third-order valence-electron chi connectivity index (χ3n) is 6.90. The van der Waals surface area contributed by atoms with E-state index in [2.05, 4.69) is 15.0 Å². The second-order valence-corrected chi connectivity index (χ2v) is 9.35. The van der Waals surface area contributed by atoms with Gasteiger partial charge in [-0.3, -0.25) is 14.8 Å². The van der Waals surface area contributed by atoms with Crippen LogP contribution in [0.15, 0.2) is 54.9 Å². The second kappa shape index (κ2) is 9.92. The first kappa shape index (κ1) is 25.4. The predicted octanol–water partition coefficient (Wildman–Crippen LogP) is 5.66. The molecule has 1 aliphatic rings. The molecule has 2 N–H and O–H groups in total. The maximum absolute atomic E-state index is 14.0. The average molecular weight is 522 g/mol. The number of pyridine rings is 3. The maximum Gasteiger partial charge on any atom is 0.417 e. The summed E-state index contributed by atoms with van der Waals surface area (Å²) in [5.74, 6) is 0.834. The van der Waals surface area contributed by atoms with E-state index in [4.69, 9.17) is 10.5 Å². The molecular weight excluding hydrogens is 495 g/mol. The summed E-state index contributed by atoms with van der Waals surface area (Å²) in [5.41, 5.74) is 8.97. The minimum absolute atomic E-state index is 0.0109. The molecule has 0 radical (unpaired) electrons. The lowest BCUT2D eigenvalue weighted by molar-refractivity contribution is -0.137. The first-order valence-electron chi connectivity index (χ1n) is 12.2. The number of alkyl halides is 3. The molecule has 196 valence electrons. The molecule has 0 bridgehead atoms. The molecular formula is C28H26F3N5O2. The number of aryl methyl sites for hydroxylation is 1. The zero-order chi connectivity index (χ0) is 27.0. The summed E-state index contributed by atoms with van der Waals surface area (Å²) < 4.78 is 44.8. The molecule has 1 amide bonds. The molecule has 0 saturated heterocycles. The Balaban J connectivity index is 1.57. The topological polar surface area (TPSA) is 94.2 Å². The van der Waals surface area contributed by atoms with Gasteiger partial charge in [-0.05, 0) is 74.2 Å². The fourth-order valence-electron chi connectivity index (χ4n) is 4.91. The predicted molar refractivity (Wildman–Crippen MR) is 136 cm³/mol. The summed E-state index contributed by atoms with van der Waals surface area (Å²) in [6.07, 6.45) is 0.136. The molecule has 1 atom stereocenters. The number of hydrogen-bond donors (Lipinski definition) is 1. The van der Waals surface area contributed by atoms with Crippen molar-refractivity contribution in [2.24, 2.45) is 0 Å². The summed E-state index contributed by atoms with van der Waals surface area (Å²) in [7, 11) is 1.59. The van der Waals surface area contributed by atoms with Crippen LogP contribution in [-0.2, 0) is 19.1 Å². The van der Waals surface area contributed by atoms with Gasteiger partial charge in [0.1, 0.15) is 11.6 Å². The van der Waals surface area contributed by atoms with Crippen molar-refractivity contribution >= 4 is 22.6 Å². The van der Waals surface area contributed by atoms with Crippen molar-refractivity contribution in [1.82, 2.24) is 19.9 Å². The lowest BCUT2D eigenvalue weighted by atomic mass is 9.89. The number of benzene rings is 1. The normalized spacial score (nSPS) is 15.2. The van der Waals surface area contributed by atoms with E-state index in [9.17, 15) is 18.0 Å². The third kappa shape index (κ3) is 4.85. The zero-order valence-electron chi connectivity index (χ0n) is 20.9. The number of nitrogens with zero attached hydrogens (tertiary/aromatic N) is 4. The number of halogens is 3. The Morgan fingerprint density at radius 3 is 2.68 bits per heavy atom. The molecule has 3 heterocycles. The highest BCUT2D eigenvalue weighted by atomic mass is 19.4. The monoisotopic (exact) mass is 521 g/mol. The van der Waals surface area contributed by atoms with Gasteiger partial charge in [-0.2, -0.15) is 13.2 Å². The molecule has 1 aromatic carbocycles. The summed E-state index contributed by atoms with van der Waals surface area (Å²) >= 11 is 0. The largest absolute Gasteiger partial charge is 0.496 e. The highest BCUT2D eigenvalue weighted by Gasteiger charge is 2.34. The number of nitrogens with two attached hydrogens (primary N) is 1. The van der Waals surface area contributed by atoms with Crippen molar-refractivity contribution in [2.45, 2.75) is 44.9 Å². The van der Waals surface area contributed by atoms with E-state index < -0.39 is 17.8 Å². The molecule has 0 saturated carbocycles. The van der Waals surface area contributed by atoms with Gasteiger partial charge in [0.05, 0.1) is 42.2 Å². The first-order chi connectivity index (χ1) is 18.2. The van der Waals surface area contributed by atoms with Crippen molar-refractivity contribution in [3.8, 4) is 5.75 Å². The van der Waals surface area contributed by atoms with Crippen LogP contribution in [0.5, 0.6) is 5.75 Å². The minimum atomic E-state index is -4.50. The molecule has 7 nitrogen and oxygen atoms in total. The molecule has 0 spiro atoms. The van der Waals surface area contributed by atoms with Crippen molar-refractivity contribution in [1.29, 1.82) is 0 Å². The van der Waals surface area contributed by atoms with E-state index in [1.54, 1.807) is 42.5 Å². The van der Waals surface area contributed by atoms with Gasteiger partial charge in [-0.1, -0.05) is 0 Å². The standard InChI is InChI=1S/C28H26F3N5O2/c1-16-12-18-13-17(6-9-22(18)35-26(16)32)27(37)36(15-20-8-7-19(14-34-20)28(29,30)31)23-5-3-4-21-24(38-2)10-11-33-25(21)23/h6-14,23H,3-5,15H2,1-2H3,(H2,32,35)/t23-/m1/s1. The van der Waals surface area contributed by atoms with Gasteiger partial charge < -0.3 is 15.4 Å². The average Bonchev–Trinajstić information content (AvgIpc) is 2.91. The number of hydrogen-bond acceptors (Lipinski definition) is 6. The van der Waals surface area contributed by atoms with Gasteiger partial charge in [-0.25, -0.2) is 4.98 Å². The van der Waals surface area contributed by atoms with E-state index in [0.717, 1.165) is 47.3 Å². The van der Waals surface area contributed by atoms with Gasteiger partial charge in [0.2, 0.25) is 0 Å². The molecule has 0 unspecified atom stereocenters. The number of carbonyl (C=O) groups is 1. The molecule has 4 aromatic rings. The summed E-state index contributed by atoms with van der Waals surface area (Å²) in [5, 5.41) is 0.763. The van der Waals surface area contributed by atoms with Gasteiger partial charge >= 0.3 is 6.18 Å². The number of rotatable bonds is 5. The SMILES string of the molecule is COc1ccnc2c1CCC[C@H]2N(Cc1ccc(C(F)(F)F)cn1)C(=O)c1ccc2nc(N)c(C)cc2c1. The molecule has 3 aromatic heterocycles. The molecule has 0 aliphatic heterocycles. The van der Waals surface area contributed by atoms with Gasteiger partial charge in [0.25, 0.3) is 5.91 Å². The lowest BCUT2D eigenvalue weighted by Gasteiger charge is -2.35. The Kier molecular flexibility index (Phi) is 6.64. The van der Waals surface area contributed by atoms with Gasteiger partial charge in [-0.15, -0.1) is 0 Å². The van der Waals surface area contributed by atoms with E-state index in [0.29, 0.717) is 34.8 Å². The van der Waals surface area contributed by atoms with E-state index in [1.165, 1.54) is 6.07 Å². The van der Waals surface area contributed by atoms with E-state index in [-0.39, 0.29) is 12.5 Å². The van der Waals surface area contributed by atoms with Crippen LogP contribution in [-0.4, -0.2) is 32.9 Å². The first-order valence-corrected chi connectivity index (χ1v) is 12.2. The van der Waals surface area contributed by atoms with Crippen LogP contribution >= 0.6 is 0 Å². The Bertz CT molecular complexity index is 1510. The summed E-state index contributed by atoms with van der Waals surface area (Å²) in [6.45, 7) is 1.86. The Labute approximate surface area is 217 Å². The van der Waals surface area contributed by atoms with Crippen LogP contribution in [0, 0.1) is 6.92 Å². The smallest absolute Gasteiger partial charge is 0.417 e. The number of nitrogen functional groups attached to an aromatic ring is 1. The summed E-state index contributed by atoms with van der Waals surface area (Å²) in [6, 6.07) is 10.7. The van der Waals surface area contributed by atoms with Crippen LogP contribution in [0.1, 0.15) is 57.3 Å². The van der Waals surface area contributed by atoms with Crippen molar-refractivity contribution < 1.29 is 22.7 Å². The van der Waals surface area contributed by atoms with Gasteiger partial charge in [0, 0.05) is 28.9 Å². The number of aromatic nitrogens is 3. The highest BCUT2D eigenvalue weighted by molar-refractivity contribution is 5.98. The van der Waals surface area contributed by atoms with E-state index >= 15 is 0 Å². The number of anilines is 1. The van der Waals surface area contributed by atoms with Gasteiger partial charge in [0.15, 0.2) is 0 Å². The number of ether oxygens (including phenoxy) is 1. The van der Waals surface area contributed by atoms with Crippen LogP contribution in [0.4, 0.5) is 19.0 Å². The molecule has 1 aliphatic carbocycles. The van der Waals surface area contributed by atoms with E-state index in [1.807, 2.05) is 13.0 Å². The van der Waals surface area contributed by atoms with Crippen LogP contribution in [0.25, 0.3) is 10.9 Å². The highest BCUT2D eigenvalue weighted by Crippen LogP contribution is 2.39. The third-order valence-corrected chi connectivity index (χ3v) is 6.90. The lowest BCUT2D eigenvalue weighted by Crippen LogP contribution is -2.37. The fraction of sp³-hybridized carbons (Fsp3) is 0.286. The Hall–Kier alpha value is -4.21. The van der Waals surface area contributed by atoms with Crippen LogP contribution < -0.4 is 10.5 Å². The quantitative estimate of drug-likeness (QED) is 0.364. The Morgan fingerprint density at radius 1 is 1.16 bits per heavy atom. The van der Waals surface area contributed by atoms with Crippen LogP contribution in [0.3, 0.4) is 0 Å². The fourth-order valence-corrected chi connectivity index (χ4v) is 4.91. The Morgan fingerprint density at radius 2 is 1.97 bits per heavy atom. The van der Waals surface area contributed by atoms with Crippen molar-refractivity contribution in [3.05, 3.63) is 88.5 Å². The number of methoxy groups -OCH3 is 1. The molecule has 10 heteroatoms. The zero-order valence-corrected chi connectivity index (χ0v) is 20.9. The van der Waals surface area contributed by atoms with Crippen molar-refractivity contribution in [2.75, 3.05) is 12.8 Å². The number of fused-ring (bicyclic) bond motifs is 2. The second-order valence-electron chi connectivity index (χ2n) is 9.35. The maximum atomic E-state index is 14.0.